The highest BCUT2D eigenvalue weighted by Crippen LogP contribution is 2.17. The van der Waals surface area contributed by atoms with E-state index in [4.69, 9.17) is 4.74 Å². The van der Waals surface area contributed by atoms with Crippen LogP contribution in [0.4, 0.5) is 0 Å². The van der Waals surface area contributed by atoms with Crippen LogP contribution < -0.4 is 10.1 Å². The Kier molecular flexibility index (Phi) is 5.16. The van der Waals surface area contributed by atoms with Crippen LogP contribution in [0.15, 0.2) is 48.5 Å². The molecule has 1 amide bonds. The molecule has 4 heteroatoms. The predicted molar refractivity (Wildman–Crippen MR) is 95.3 cm³/mol. The Morgan fingerprint density at radius 1 is 1.25 bits per heavy atom. The van der Waals surface area contributed by atoms with Gasteiger partial charge in [-0.1, -0.05) is 35.9 Å². The second-order valence-corrected chi connectivity index (χ2v) is 6.41. The number of carbonyl (C=O) groups excluding carboxylic acids is 1. The minimum atomic E-state index is 0.0735. The Morgan fingerprint density at radius 2 is 2.08 bits per heavy atom. The molecule has 126 valence electrons. The Balaban J connectivity index is 1.66. The van der Waals surface area contributed by atoms with E-state index in [1.165, 1.54) is 5.56 Å². The first-order valence-corrected chi connectivity index (χ1v) is 8.43. The molecule has 1 fully saturated rings. The number of nitrogens with one attached hydrogen (secondary N) is 1. The van der Waals surface area contributed by atoms with Crippen LogP contribution in [-0.4, -0.2) is 36.5 Å². The Morgan fingerprint density at radius 3 is 2.88 bits per heavy atom. The first-order valence-electron chi connectivity index (χ1n) is 8.43. The molecule has 0 radical (unpaired) electrons. The zero-order valence-electron chi connectivity index (χ0n) is 14.3. The third-order valence-electron chi connectivity index (χ3n) is 4.22. The van der Waals surface area contributed by atoms with Gasteiger partial charge in [-0.3, -0.25) is 4.79 Å². The molecule has 24 heavy (non-hydrogen) atoms. The SMILES string of the molecule is Cc1cccc(COc2cccc(C(=O)N3CCNC(C)C3)c2)c1. The van der Waals surface area contributed by atoms with Crippen molar-refractivity contribution in [3.05, 3.63) is 65.2 Å². The lowest BCUT2D eigenvalue weighted by atomic mass is 10.1. The summed E-state index contributed by atoms with van der Waals surface area (Å²) in [5.41, 5.74) is 3.03. The molecule has 2 aromatic carbocycles. The second kappa shape index (κ2) is 7.49. The van der Waals surface area contributed by atoms with Crippen molar-refractivity contribution in [2.45, 2.75) is 26.5 Å². The van der Waals surface area contributed by atoms with Crippen LogP contribution in [0.25, 0.3) is 0 Å². The van der Waals surface area contributed by atoms with E-state index in [2.05, 4.69) is 31.3 Å². The van der Waals surface area contributed by atoms with Gasteiger partial charge < -0.3 is 15.0 Å². The fourth-order valence-electron chi connectivity index (χ4n) is 2.99. The minimum absolute atomic E-state index is 0.0735. The van der Waals surface area contributed by atoms with Crippen LogP contribution in [0.2, 0.25) is 0 Å². The van der Waals surface area contributed by atoms with Crippen LogP contribution in [0.3, 0.4) is 0 Å². The minimum Gasteiger partial charge on any atom is -0.489 e. The van der Waals surface area contributed by atoms with E-state index < -0.39 is 0 Å². The fourth-order valence-corrected chi connectivity index (χ4v) is 2.99. The summed E-state index contributed by atoms with van der Waals surface area (Å²) < 4.78 is 5.86. The second-order valence-electron chi connectivity index (χ2n) is 6.41. The van der Waals surface area contributed by atoms with Crippen molar-refractivity contribution in [3.8, 4) is 5.75 Å². The van der Waals surface area contributed by atoms with Crippen molar-refractivity contribution in [2.24, 2.45) is 0 Å². The molecule has 0 spiro atoms. The van der Waals surface area contributed by atoms with E-state index in [0.717, 1.165) is 30.9 Å². The molecule has 0 bridgehead atoms. The summed E-state index contributed by atoms with van der Waals surface area (Å²) in [6.07, 6.45) is 0. The number of benzene rings is 2. The number of nitrogens with zero attached hydrogens (tertiary/aromatic N) is 1. The summed E-state index contributed by atoms with van der Waals surface area (Å²) in [5.74, 6) is 0.801. The van der Waals surface area contributed by atoms with Crippen molar-refractivity contribution in [1.82, 2.24) is 10.2 Å². The van der Waals surface area contributed by atoms with Crippen LogP contribution in [0.5, 0.6) is 5.75 Å². The third-order valence-corrected chi connectivity index (χ3v) is 4.22. The molecule has 1 N–H and O–H groups in total. The molecule has 0 aromatic heterocycles. The average molecular weight is 324 g/mol. The van der Waals surface area contributed by atoms with Gasteiger partial charge in [-0.25, -0.2) is 0 Å². The van der Waals surface area contributed by atoms with Crippen molar-refractivity contribution < 1.29 is 9.53 Å². The van der Waals surface area contributed by atoms with Gasteiger partial charge in [-0.05, 0) is 37.6 Å². The van der Waals surface area contributed by atoms with Gasteiger partial charge in [0.25, 0.3) is 5.91 Å². The first-order chi connectivity index (χ1) is 11.6. The maximum Gasteiger partial charge on any atom is 0.254 e. The largest absolute Gasteiger partial charge is 0.489 e. The summed E-state index contributed by atoms with van der Waals surface area (Å²) >= 11 is 0. The number of hydrogen-bond donors (Lipinski definition) is 1. The van der Waals surface area contributed by atoms with Crippen molar-refractivity contribution in [2.75, 3.05) is 19.6 Å². The van der Waals surface area contributed by atoms with Crippen LogP contribution >= 0.6 is 0 Å². The molecule has 2 aromatic rings. The van der Waals surface area contributed by atoms with Gasteiger partial charge in [0.2, 0.25) is 0 Å². The maximum atomic E-state index is 12.7. The van der Waals surface area contributed by atoms with Crippen LogP contribution in [0.1, 0.15) is 28.4 Å². The van der Waals surface area contributed by atoms with Gasteiger partial charge in [-0.15, -0.1) is 0 Å². The summed E-state index contributed by atoms with van der Waals surface area (Å²) in [6.45, 7) is 7.00. The van der Waals surface area contributed by atoms with Crippen LogP contribution in [0, 0.1) is 6.92 Å². The molecular weight excluding hydrogens is 300 g/mol. The lowest BCUT2D eigenvalue weighted by molar-refractivity contribution is 0.0708. The molecule has 1 saturated heterocycles. The topological polar surface area (TPSA) is 41.6 Å². The van der Waals surface area contributed by atoms with E-state index in [9.17, 15) is 4.79 Å². The zero-order valence-corrected chi connectivity index (χ0v) is 14.3. The molecule has 1 aliphatic rings. The summed E-state index contributed by atoms with van der Waals surface area (Å²) in [4.78, 5) is 14.6. The Hall–Kier alpha value is -2.33. The Bertz CT molecular complexity index is 714. The zero-order chi connectivity index (χ0) is 16.9. The normalized spacial score (nSPS) is 17.6. The number of ether oxygens (including phenoxy) is 1. The summed E-state index contributed by atoms with van der Waals surface area (Å²) in [5, 5.41) is 3.35. The summed E-state index contributed by atoms with van der Waals surface area (Å²) in [7, 11) is 0. The quantitative estimate of drug-likeness (QED) is 0.940. The van der Waals surface area contributed by atoms with Gasteiger partial charge in [0.15, 0.2) is 0 Å². The van der Waals surface area contributed by atoms with Crippen molar-refractivity contribution >= 4 is 5.91 Å². The number of amides is 1. The number of carbonyl (C=O) groups is 1. The van der Waals surface area contributed by atoms with E-state index >= 15 is 0 Å². The molecular formula is C20H24N2O2. The average Bonchev–Trinajstić information content (AvgIpc) is 2.60. The number of aryl methyl sites for hydroxylation is 1. The van der Waals surface area contributed by atoms with Gasteiger partial charge in [-0.2, -0.15) is 0 Å². The number of hydrogen-bond acceptors (Lipinski definition) is 3. The van der Waals surface area contributed by atoms with E-state index in [1.807, 2.05) is 41.3 Å². The maximum absolute atomic E-state index is 12.7. The molecule has 4 nitrogen and oxygen atoms in total. The standard InChI is InChI=1S/C20H24N2O2/c1-15-5-3-6-17(11-15)14-24-19-8-4-7-18(12-19)20(23)22-10-9-21-16(2)13-22/h3-8,11-12,16,21H,9-10,13-14H2,1-2H3. The van der Waals surface area contributed by atoms with Crippen molar-refractivity contribution in [3.63, 3.8) is 0 Å². The number of piperazine rings is 1. The molecule has 0 aliphatic carbocycles. The molecule has 3 rings (SSSR count). The van der Waals surface area contributed by atoms with Gasteiger partial charge in [0, 0.05) is 31.2 Å². The highest BCUT2D eigenvalue weighted by molar-refractivity contribution is 5.94. The molecule has 1 unspecified atom stereocenters. The van der Waals surface area contributed by atoms with Crippen LogP contribution in [-0.2, 0) is 6.61 Å². The van der Waals surface area contributed by atoms with Gasteiger partial charge in [0.1, 0.15) is 12.4 Å². The van der Waals surface area contributed by atoms with E-state index in [1.54, 1.807) is 0 Å². The lowest BCUT2D eigenvalue weighted by Crippen LogP contribution is -2.51. The summed E-state index contributed by atoms with van der Waals surface area (Å²) in [6, 6.07) is 16.1. The first kappa shape index (κ1) is 16.5. The van der Waals surface area contributed by atoms with Crippen molar-refractivity contribution in [1.29, 1.82) is 0 Å². The number of rotatable bonds is 4. The smallest absolute Gasteiger partial charge is 0.254 e. The predicted octanol–water partition coefficient (Wildman–Crippen LogP) is 3.01. The highest BCUT2D eigenvalue weighted by atomic mass is 16.5. The van der Waals surface area contributed by atoms with Gasteiger partial charge >= 0.3 is 0 Å². The molecule has 1 heterocycles. The highest BCUT2D eigenvalue weighted by Gasteiger charge is 2.21. The molecule has 1 aliphatic heterocycles. The monoisotopic (exact) mass is 324 g/mol. The molecule has 0 saturated carbocycles. The third kappa shape index (κ3) is 4.15. The fraction of sp³-hybridized carbons (Fsp3) is 0.350. The van der Waals surface area contributed by atoms with E-state index in [-0.39, 0.29) is 5.91 Å². The van der Waals surface area contributed by atoms with E-state index in [0.29, 0.717) is 18.2 Å². The Labute approximate surface area is 143 Å². The van der Waals surface area contributed by atoms with Gasteiger partial charge in [0.05, 0.1) is 0 Å². The molecule has 1 atom stereocenters. The lowest BCUT2D eigenvalue weighted by Gasteiger charge is -2.32.